The van der Waals surface area contributed by atoms with Gasteiger partial charge in [-0.25, -0.2) is 4.79 Å². The predicted octanol–water partition coefficient (Wildman–Crippen LogP) is 6.59. The highest BCUT2D eigenvalue weighted by Crippen LogP contribution is 2.61. The first-order valence-electron chi connectivity index (χ1n) is 14.1. The molecule has 6 heteroatoms. The van der Waals surface area contributed by atoms with E-state index in [1.54, 1.807) is 17.8 Å². The van der Waals surface area contributed by atoms with E-state index in [0.29, 0.717) is 24.0 Å². The molecule has 4 bridgehead atoms. The van der Waals surface area contributed by atoms with Gasteiger partial charge in [-0.1, -0.05) is 42.5 Å². The van der Waals surface area contributed by atoms with E-state index in [4.69, 9.17) is 4.74 Å². The molecule has 38 heavy (non-hydrogen) atoms. The summed E-state index contributed by atoms with van der Waals surface area (Å²) in [5.41, 5.74) is 3.82. The second kappa shape index (κ2) is 11.8. The molecule has 2 unspecified atom stereocenters. The van der Waals surface area contributed by atoms with Crippen molar-refractivity contribution in [3.05, 3.63) is 59.7 Å². The third-order valence-corrected chi connectivity index (χ3v) is 10.3. The van der Waals surface area contributed by atoms with Gasteiger partial charge in [-0.2, -0.15) is 11.8 Å². The lowest BCUT2D eigenvalue weighted by molar-refractivity contribution is -0.139. The Labute approximate surface area is 231 Å². The Balaban J connectivity index is 1.16. The number of aryl methyl sites for hydroxylation is 1. The standard InChI is InChI=1S/C32H41NO4S/c1-21-7-3-4-8-26(21)27-9-5-6-10-28(27)30(34)33-29(31(35)36)16-25(38-2)20-37-12-11-32-17-22-13-23(18-32)15-24(14-22)19-32/h3-10,22-25,29H,11-20H2,1-2H3,(H,33,34)(H,35,36). The van der Waals surface area contributed by atoms with E-state index in [1.165, 1.54) is 38.5 Å². The molecule has 2 aromatic carbocycles. The Morgan fingerprint density at radius 2 is 1.61 bits per heavy atom. The molecule has 2 aromatic rings. The first-order valence-corrected chi connectivity index (χ1v) is 15.4. The molecule has 1 amide bonds. The van der Waals surface area contributed by atoms with Crippen LogP contribution in [0.4, 0.5) is 0 Å². The van der Waals surface area contributed by atoms with E-state index in [1.807, 2.05) is 55.6 Å². The van der Waals surface area contributed by atoms with Crippen LogP contribution in [0.15, 0.2) is 48.5 Å². The molecule has 2 atom stereocenters. The molecule has 4 saturated carbocycles. The number of hydrogen-bond donors (Lipinski definition) is 2. The van der Waals surface area contributed by atoms with Gasteiger partial charge in [0, 0.05) is 17.4 Å². The number of rotatable bonds is 12. The van der Waals surface area contributed by atoms with Gasteiger partial charge in [-0.15, -0.1) is 0 Å². The van der Waals surface area contributed by atoms with Crippen molar-refractivity contribution in [2.24, 2.45) is 23.2 Å². The van der Waals surface area contributed by atoms with E-state index in [-0.39, 0.29) is 11.2 Å². The van der Waals surface area contributed by atoms with E-state index in [2.05, 4.69) is 5.32 Å². The van der Waals surface area contributed by atoms with E-state index in [0.717, 1.165) is 47.5 Å². The second-order valence-electron chi connectivity index (χ2n) is 12.1. The number of amides is 1. The average Bonchev–Trinajstić information content (AvgIpc) is 2.89. The largest absolute Gasteiger partial charge is 0.480 e. The molecule has 0 saturated heterocycles. The van der Waals surface area contributed by atoms with Crippen molar-refractivity contribution in [1.29, 1.82) is 0 Å². The summed E-state index contributed by atoms with van der Waals surface area (Å²) in [5.74, 6) is 1.45. The van der Waals surface area contributed by atoms with Crippen molar-refractivity contribution in [3.63, 3.8) is 0 Å². The van der Waals surface area contributed by atoms with E-state index >= 15 is 0 Å². The molecular weight excluding hydrogens is 494 g/mol. The first-order chi connectivity index (χ1) is 18.4. The zero-order chi connectivity index (χ0) is 26.7. The highest BCUT2D eigenvalue weighted by molar-refractivity contribution is 7.99. The van der Waals surface area contributed by atoms with Gasteiger partial charge in [0.25, 0.3) is 5.91 Å². The zero-order valence-electron chi connectivity index (χ0n) is 22.7. The van der Waals surface area contributed by atoms with E-state index in [9.17, 15) is 14.7 Å². The minimum Gasteiger partial charge on any atom is -0.480 e. The Morgan fingerprint density at radius 1 is 1.00 bits per heavy atom. The van der Waals surface area contributed by atoms with Gasteiger partial charge < -0.3 is 15.2 Å². The Morgan fingerprint density at radius 3 is 2.21 bits per heavy atom. The number of carboxylic acid groups (broad SMARTS) is 1. The molecule has 6 rings (SSSR count). The van der Waals surface area contributed by atoms with Crippen LogP contribution in [0.5, 0.6) is 0 Å². The Kier molecular flexibility index (Phi) is 8.49. The van der Waals surface area contributed by atoms with Gasteiger partial charge in [-0.3, -0.25) is 4.79 Å². The van der Waals surface area contributed by atoms with E-state index < -0.39 is 12.0 Å². The molecule has 4 aliphatic rings. The van der Waals surface area contributed by atoms with Crippen LogP contribution in [0.2, 0.25) is 0 Å². The number of carbonyl (C=O) groups excluding carboxylic acids is 1. The molecule has 4 fully saturated rings. The SMILES string of the molecule is CSC(COCCC12CC3CC(CC(C3)C1)C2)CC(NC(=O)c1ccccc1-c1ccccc1C)C(=O)O. The molecule has 2 N–H and O–H groups in total. The highest BCUT2D eigenvalue weighted by atomic mass is 32.2. The number of ether oxygens (including phenoxy) is 1. The normalized spacial score (nSPS) is 27.2. The maximum Gasteiger partial charge on any atom is 0.326 e. The maximum atomic E-state index is 13.3. The third kappa shape index (κ3) is 6.12. The van der Waals surface area contributed by atoms with Gasteiger partial charge in [-0.05, 0) is 110 Å². The van der Waals surface area contributed by atoms with Gasteiger partial charge >= 0.3 is 5.97 Å². The number of aliphatic carboxylic acids is 1. The fourth-order valence-electron chi connectivity index (χ4n) is 7.84. The summed E-state index contributed by atoms with van der Waals surface area (Å²) in [4.78, 5) is 25.4. The van der Waals surface area contributed by atoms with Crippen LogP contribution in [0.1, 0.15) is 67.3 Å². The molecule has 0 aliphatic heterocycles. The van der Waals surface area contributed by atoms with Crippen LogP contribution in [0.3, 0.4) is 0 Å². The van der Waals surface area contributed by atoms with Crippen LogP contribution in [0, 0.1) is 30.1 Å². The fraction of sp³-hybridized carbons (Fsp3) is 0.562. The summed E-state index contributed by atoms with van der Waals surface area (Å²) >= 11 is 1.61. The highest BCUT2D eigenvalue weighted by Gasteiger charge is 2.50. The number of thioether (sulfide) groups is 1. The Hall–Kier alpha value is -2.31. The topological polar surface area (TPSA) is 75.6 Å². The van der Waals surface area contributed by atoms with Gasteiger partial charge in [0.15, 0.2) is 0 Å². The quantitative estimate of drug-likeness (QED) is 0.300. The molecular formula is C32H41NO4S. The molecule has 0 aromatic heterocycles. The van der Waals surface area contributed by atoms with Crippen LogP contribution >= 0.6 is 11.8 Å². The molecule has 5 nitrogen and oxygen atoms in total. The summed E-state index contributed by atoms with van der Waals surface area (Å²) in [6.45, 7) is 3.26. The Bertz CT molecular complexity index is 1110. The summed E-state index contributed by atoms with van der Waals surface area (Å²) in [7, 11) is 0. The van der Waals surface area contributed by atoms with Crippen LogP contribution in [-0.4, -0.2) is 47.7 Å². The van der Waals surface area contributed by atoms with Crippen molar-refractivity contribution in [2.75, 3.05) is 19.5 Å². The minimum absolute atomic E-state index is 0.000579. The first kappa shape index (κ1) is 27.3. The molecule has 0 radical (unpaired) electrons. The number of carbonyl (C=O) groups is 2. The third-order valence-electron chi connectivity index (χ3n) is 9.29. The van der Waals surface area contributed by atoms with Crippen molar-refractivity contribution in [2.45, 2.75) is 69.6 Å². The lowest BCUT2D eigenvalue weighted by Gasteiger charge is -2.57. The predicted molar refractivity (Wildman–Crippen MR) is 153 cm³/mol. The number of nitrogens with one attached hydrogen (secondary N) is 1. The molecule has 0 heterocycles. The van der Waals surface area contributed by atoms with Gasteiger partial charge in [0.05, 0.1) is 6.61 Å². The second-order valence-corrected chi connectivity index (χ2v) is 13.2. The molecule has 0 spiro atoms. The molecule has 4 aliphatic carbocycles. The van der Waals surface area contributed by atoms with Gasteiger partial charge in [0.1, 0.15) is 6.04 Å². The summed E-state index contributed by atoms with van der Waals surface area (Å²) < 4.78 is 6.16. The fourth-order valence-corrected chi connectivity index (χ4v) is 8.46. The number of benzene rings is 2. The van der Waals surface area contributed by atoms with Crippen molar-refractivity contribution in [3.8, 4) is 11.1 Å². The number of carboxylic acids is 1. The van der Waals surface area contributed by atoms with Crippen LogP contribution in [-0.2, 0) is 9.53 Å². The summed E-state index contributed by atoms with van der Waals surface area (Å²) in [5, 5.41) is 12.7. The number of hydrogen-bond acceptors (Lipinski definition) is 4. The lowest BCUT2D eigenvalue weighted by Crippen LogP contribution is -2.46. The smallest absolute Gasteiger partial charge is 0.326 e. The van der Waals surface area contributed by atoms with Gasteiger partial charge in [0.2, 0.25) is 0 Å². The minimum atomic E-state index is -1.01. The maximum absolute atomic E-state index is 13.3. The van der Waals surface area contributed by atoms with Crippen molar-refractivity contribution >= 4 is 23.6 Å². The zero-order valence-corrected chi connectivity index (χ0v) is 23.5. The molecule has 204 valence electrons. The monoisotopic (exact) mass is 535 g/mol. The summed E-state index contributed by atoms with van der Waals surface area (Å²) in [6.07, 6.45) is 11.9. The average molecular weight is 536 g/mol. The van der Waals surface area contributed by atoms with Crippen LogP contribution < -0.4 is 5.32 Å². The van der Waals surface area contributed by atoms with Crippen molar-refractivity contribution in [1.82, 2.24) is 5.32 Å². The van der Waals surface area contributed by atoms with Crippen LogP contribution in [0.25, 0.3) is 11.1 Å². The lowest BCUT2D eigenvalue weighted by atomic mass is 9.49. The summed E-state index contributed by atoms with van der Waals surface area (Å²) in [6, 6.07) is 14.3. The van der Waals surface area contributed by atoms with Crippen molar-refractivity contribution < 1.29 is 19.4 Å².